The maximum atomic E-state index is 12.1. The summed E-state index contributed by atoms with van der Waals surface area (Å²) in [4.78, 5) is 13.3. The Morgan fingerprint density at radius 2 is 1.74 bits per heavy atom. The van der Waals surface area contributed by atoms with Gasteiger partial charge in [0.1, 0.15) is 0 Å². The number of benzene rings is 1. The second-order valence-electron chi connectivity index (χ2n) is 4.18. The van der Waals surface area contributed by atoms with E-state index in [2.05, 4.69) is 4.74 Å². The van der Waals surface area contributed by atoms with Crippen LogP contribution in [-0.4, -0.2) is 21.1 Å². The lowest BCUT2D eigenvalue weighted by molar-refractivity contribution is 0.150. The number of carbonyl (C=O) groups excluding carboxylic acids is 1. The van der Waals surface area contributed by atoms with Crippen LogP contribution < -0.4 is 10.3 Å². The summed E-state index contributed by atoms with van der Waals surface area (Å²) >= 11 is 0. The van der Waals surface area contributed by atoms with Crippen LogP contribution in [0.15, 0.2) is 17.0 Å². The smallest absolute Gasteiger partial charge is 0.422 e. The van der Waals surface area contributed by atoms with Crippen molar-refractivity contribution in [2.75, 3.05) is 6.61 Å². The van der Waals surface area contributed by atoms with Crippen LogP contribution in [0.5, 0.6) is 0 Å². The highest BCUT2D eigenvalue weighted by Crippen LogP contribution is 2.21. The van der Waals surface area contributed by atoms with Crippen molar-refractivity contribution < 1.29 is 17.9 Å². The number of ether oxygens (including phenoxy) is 1. The zero-order chi connectivity index (χ0) is 14.6. The first-order valence-electron chi connectivity index (χ1n) is 5.80. The normalized spacial score (nSPS) is 11.2. The largest absolute Gasteiger partial charge is 0.449 e. The van der Waals surface area contributed by atoms with Gasteiger partial charge in [-0.25, -0.2) is 18.6 Å². The Balaban J connectivity index is 2.98. The topological polar surface area (TPSA) is 84.5 Å². The molecule has 0 aliphatic heterocycles. The Morgan fingerprint density at radius 1 is 1.21 bits per heavy atom. The first kappa shape index (κ1) is 15.5. The summed E-state index contributed by atoms with van der Waals surface area (Å²) in [5.41, 5.74) is 4.21. The molecule has 0 aliphatic rings. The first-order valence-corrected chi connectivity index (χ1v) is 7.28. The van der Waals surface area contributed by atoms with E-state index < -0.39 is 16.1 Å². The fourth-order valence-electron chi connectivity index (χ4n) is 1.92. The molecule has 0 bridgehead atoms. The van der Waals surface area contributed by atoms with Crippen molar-refractivity contribution >= 4 is 16.1 Å². The van der Waals surface area contributed by atoms with Crippen LogP contribution >= 0.6 is 0 Å². The standard InChI is InChI=1S/C12H18N2O4S/c1-5-18-12(15)13-14-19(16,17)11-9(3)6-8(2)7-10(11)4/h6-7,14H,5H2,1-4H3,(H,13,15). The van der Waals surface area contributed by atoms with Gasteiger partial charge in [-0.05, 0) is 38.8 Å². The Morgan fingerprint density at radius 3 is 2.21 bits per heavy atom. The van der Waals surface area contributed by atoms with E-state index in [9.17, 15) is 13.2 Å². The first-order chi connectivity index (χ1) is 8.77. The molecular formula is C12H18N2O4S. The molecule has 0 heterocycles. The molecule has 0 spiro atoms. The molecule has 1 aromatic carbocycles. The molecule has 106 valence electrons. The van der Waals surface area contributed by atoms with Crippen LogP contribution in [0.1, 0.15) is 23.6 Å². The van der Waals surface area contributed by atoms with Gasteiger partial charge in [-0.15, -0.1) is 4.83 Å². The Bertz CT molecular complexity index is 558. The number of nitrogens with one attached hydrogen (secondary N) is 2. The van der Waals surface area contributed by atoms with Gasteiger partial charge >= 0.3 is 6.09 Å². The third-order valence-electron chi connectivity index (χ3n) is 2.44. The van der Waals surface area contributed by atoms with Crippen LogP contribution in [0.2, 0.25) is 0 Å². The van der Waals surface area contributed by atoms with Gasteiger partial charge < -0.3 is 4.74 Å². The highest BCUT2D eigenvalue weighted by Gasteiger charge is 2.20. The molecule has 6 nitrogen and oxygen atoms in total. The molecule has 0 radical (unpaired) electrons. The molecule has 0 fully saturated rings. The van der Waals surface area contributed by atoms with Crippen molar-refractivity contribution in [3.8, 4) is 0 Å². The molecule has 0 atom stereocenters. The maximum absolute atomic E-state index is 12.1. The number of sulfonamides is 1. The molecule has 19 heavy (non-hydrogen) atoms. The third-order valence-corrected chi connectivity index (χ3v) is 3.99. The van der Waals surface area contributed by atoms with Crippen LogP contribution in [0, 0.1) is 20.8 Å². The number of carbonyl (C=O) groups is 1. The van der Waals surface area contributed by atoms with E-state index in [4.69, 9.17) is 0 Å². The van der Waals surface area contributed by atoms with Gasteiger partial charge in [0.15, 0.2) is 0 Å². The van der Waals surface area contributed by atoms with Gasteiger partial charge in [0, 0.05) is 0 Å². The summed E-state index contributed by atoms with van der Waals surface area (Å²) in [5.74, 6) is 0. The molecule has 0 aromatic heterocycles. The van der Waals surface area contributed by atoms with Crippen molar-refractivity contribution in [2.24, 2.45) is 0 Å². The molecule has 2 N–H and O–H groups in total. The molecule has 1 rings (SSSR count). The molecule has 0 aliphatic carbocycles. The van der Waals surface area contributed by atoms with Crippen LogP contribution in [0.3, 0.4) is 0 Å². The van der Waals surface area contributed by atoms with Crippen molar-refractivity contribution in [1.82, 2.24) is 10.3 Å². The van der Waals surface area contributed by atoms with Crippen molar-refractivity contribution in [1.29, 1.82) is 0 Å². The molecule has 0 unspecified atom stereocenters. The summed E-state index contributed by atoms with van der Waals surface area (Å²) in [5, 5.41) is 0. The predicted octanol–water partition coefficient (Wildman–Crippen LogP) is 1.55. The lowest BCUT2D eigenvalue weighted by Gasteiger charge is -2.13. The van der Waals surface area contributed by atoms with Gasteiger partial charge in [0.05, 0.1) is 11.5 Å². The van der Waals surface area contributed by atoms with E-state index in [0.29, 0.717) is 11.1 Å². The van der Waals surface area contributed by atoms with Gasteiger partial charge in [-0.3, -0.25) is 0 Å². The highest BCUT2D eigenvalue weighted by molar-refractivity contribution is 7.89. The fraction of sp³-hybridized carbons (Fsp3) is 0.417. The summed E-state index contributed by atoms with van der Waals surface area (Å²) in [6.07, 6.45) is -0.839. The SMILES string of the molecule is CCOC(=O)NNS(=O)(=O)c1c(C)cc(C)cc1C. The minimum Gasteiger partial charge on any atom is -0.449 e. The lowest BCUT2D eigenvalue weighted by atomic mass is 10.1. The number of hydrazine groups is 1. The fourth-order valence-corrected chi connectivity index (χ4v) is 3.20. The van der Waals surface area contributed by atoms with Crippen LogP contribution in [0.25, 0.3) is 0 Å². The quantitative estimate of drug-likeness (QED) is 0.822. The van der Waals surface area contributed by atoms with Gasteiger partial charge in [-0.2, -0.15) is 0 Å². The Kier molecular flexibility index (Phi) is 4.90. The Labute approximate surface area is 113 Å². The molecular weight excluding hydrogens is 268 g/mol. The lowest BCUT2D eigenvalue weighted by Crippen LogP contribution is -2.42. The van der Waals surface area contributed by atoms with Gasteiger partial charge in [-0.1, -0.05) is 17.7 Å². The van der Waals surface area contributed by atoms with Crippen molar-refractivity contribution in [3.63, 3.8) is 0 Å². The molecule has 7 heteroatoms. The number of rotatable bonds is 4. The average Bonchev–Trinajstić information content (AvgIpc) is 2.25. The van der Waals surface area contributed by atoms with E-state index in [1.54, 1.807) is 32.9 Å². The second-order valence-corrected chi connectivity index (χ2v) is 5.80. The van der Waals surface area contributed by atoms with E-state index in [1.807, 2.05) is 17.2 Å². The second kappa shape index (κ2) is 6.03. The molecule has 0 saturated carbocycles. The van der Waals surface area contributed by atoms with E-state index >= 15 is 0 Å². The van der Waals surface area contributed by atoms with Gasteiger partial charge in [0.25, 0.3) is 10.0 Å². The molecule has 1 aromatic rings. The molecule has 0 saturated heterocycles. The predicted molar refractivity (Wildman–Crippen MR) is 71.1 cm³/mol. The van der Waals surface area contributed by atoms with Crippen LogP contribution in [0.4, 0.5) is 4.79 Å². The van der Waals surface area contributed by atoms with E-state index in [-0.39, 0.29) is 11.5 Å². The number of hydrogen-bond donors (Lipinski definition) is 2. The van der Waals surface area contributed by atoms with E-state index in [0.717, 1.165) is 5.56 Å². The summed E-state index contributed by atoms with van der Waals surface area (Å²) in [7, 11) is -3.81. The Hall–Kier alpha value is -1.60. The average molecular weight is 286 g/mol. The summed E-state index contributed by atoms with van der Waals surface area (Å²) < 4.78 is 28.8. The highest BCUT2D eigenvalue weighted by atomic mass is 32.2. The summed E-state index contributed by atoms with van der Waals surface area (Å²) in [6.45, 7) is 7.09. The summed E-state index contributed by atoms with van der Waals surface area (Å²) in [6, 6.07) is 3.54. The van der Waals surface area contributed by atoms with Crippen LogP contribution in [-0.2, 0) is 14.8 Å². The molecule has 1 amide bonds. The van der Waals surface area contributed by atoms with Crippen molar-refractivity contribution in [3.05, 3.63) is 28.8 Å². The number of aryl methyl sites for hydroxylation is 3. The van der Waals surface area contributed by atoms with E-state index in [1.165, 1.54) is 0 Å². The maximum Gasteiger partial charge on any atom is 0.422 e. The third kappa shape index (κ3) is 3.93. The zero-order valence-electron chi connectivity index (χ0n) is 11.4. The minimum atomic E-state index is -3.81. The zero-order valence-corrected chi connectivity index (χ0v) is 12.2. The minimum absolute atomic E-state index is 0.162. The van der Waals surface area contributed by atoms with Crippen molar-refractivity contribution in [2.45, 2.75) is 32.6 Å². The number of hydrogen-bond acceptors (Lipinski definition) is 4. The monoisotopic (exact) mass is 286 g/mol. The number of amides is 1. The van der Waals surface area contributed by atoms with Gasteiger partial charge in [0.2, 0.25) is 0 Å².